The van der Waals surface area contributed by atoms with Crippen LogP contribution in [0.5, 0.6) is 0 Å². The highest BCUT2D eigenvalue weighted by Crippen LogP contribution is 2.61. The van der Waals surface area contributed by atoms with E-state index in [0.29, 0.717) is 16.9 Å². The van der Waals surface area contributed by atoms with E-state index >= 15 is 0 Å². The third-order valence-corrected chi connectivity index (χ3v) is 3.91. The molecule has 2 fully saturated rings. The summed E-state index contributed by atoms with van der Waals surface area (Å²) in [5, 5.41) is 3.56. The Bertz CT molecular complexity index is 412. The van der Waals surface area contributed by atoms with Crippen LogP contribution < -0.4 is 11.1 Å². The van der Waals surface area contributed by atoms with Gasteiger partial charge in [0.15, 0.2) is 5.82 Å². The maximum Gasteiger partial charge on any atom is 0.224 e. The Kier molecular flexibility index (Phi) is 2.21. The first-order valence-corrected chi connectivity index (χ1v) is 6.09. The summed E-state index contributed by atoms with van der Waals surface area (Å²) in [4.78, 5) is 7.94. The predicted octanol–water partition coefficient (Wildman–Crippen LogP) is 2.31. The van der Waals surface area contributed by atoms with Crippen molar-refractivity contribution in [3.8, 4) is 0 Å². The van der Waals surface area contributed by atoms with Crippen molar-refractivity contribution in [3.63, 3.8) is 0 Å². The Balaban J connectivity index is 1.67. The largest absolute Gasteiger partial charge is 0.394 e. The van der Waals surface area contributed by atoms with Gasteiger partial charge in [0.05, 0.1) is 11.9 Å². The summed E-state index contributed by atoms with van der Waals surface area (Å²) in [6.45, 7) is 0.967. The average Bonchev–Trinajstić information content (AvgIpc) is 3.13. The fourth-order valence-electron chi connectivity index (χ4n) is 2.36. The number of nitrogens with one attached hydrogen (secondary N) is 1. The molecule has 0 spiro atoms. The number of anilines is 2. The first-order chi connectivity index (χ1) is 7.70. The van der Waals surface area contributed by atoms with Gasteiger partial charge in [0.25, 0.3) is 0 Å². The van der Waals surface area contributed by atoms with Crippen LogP contribution in [0, 0.1) is 11.3 Å². The van der Waals surface area contributed by atoms with Gasteiger partial charge in [-0.25, -0.2) is 4.98 Å². The number of aromatic nitrogens is 2. The summed E-state index contributed by atoms with van der Waals surface area (Å²) in [7, 11) is 0. The number of nitrogens with two attached hydrogens (primary N) is 1. The standard InChI is InChI=1S/C11H15ClN4/c12-10-14-5-8(13)9(16-10)15-6-11(3-4-11)7-1-2-7/h5,7H,1-4,6,13H2,(H,14,15,16). The minimum atomic E-state index is 0.243. The van der Waals surface area contributed by atoms with Crippen LogP contribution in [0.3, 0.4) is 0 Å². The molecule has 0 aliphatic heterocycles. The molecule has 2 aliphatic rings. The molecule has 2 aliphatic carbocycles. The number of nitrogens with zero attached hydrogens (tertiary/aromatic N) is 2. The molecule has 0 saturated heterocycles. The molecule has 3 rings (SSSR count). The molecular formula is C11H15ClN4. The van der Waals surface area contributed by atoms with Gasteiger partial charge in [-0.1, -0.05) is 0 Å². The van der Waals surface area contributed by atoms with Crippen LogP contribution in [0.4, 0.5) is 11.5 Å². The number of hydrogen-bond acceptors (Lipinski definition) is 4. The van der Waals surface area contributed by atoms with E-state index in [4.69, 9.17) is 17.3 Å². The summed E-state index contributed by atoms with van der Waals surface area (Å²) in [6, 6.07) is 0. The van der Waals surface area contributed by atoms with Gasteiger partial charge in [0, 0.05) is 6.54 Å². The summed E-state index contributed by atoms with van der Waals surface area (Å²) in [6.07, 6.45) is 7.00. The van der Waals surface area contributed by atoms with Gasteiger partial charge in [-0.3, -0.25) is 0 Å². The quantitative estimate of drug-likeness (QED) is 0.791. The zero-order valence-corrected chi connectivity index (χ0v) is 9.80. The molecule has 1 heterocycles. The Morgan fingerprint density at radius 2 is 2.25 bits per heavy atom. The smallest absolute Gasteiger partial charge is 0.224 e. The van der Waals surface area contributed by atoms with Crippen molar-refractivity contribution in [1.82, 2.24) is 9.97 Å². The van der Waals surface area contributed by atoms with Crippen molar-refractivity contribution in [2.24, 2.45) is 11.3 Å². The number of rotatable bonds is 4. The molecule has 16 heavy (non-hydrogen) atoms. The van der Waals surface area contributed by atoms with E-state index in [1.807, 2.05) is 0 Å². The SMILES string of the molecule is Nc1cnc(Cl)nc1NCC1(C2CC2)CC1. The molecule has 1 aromatic rings. The van der Waals surface area contributed by atoms with E-state index < -0.39 is 0 Å². The Hall–Kier alpha value is -1.03. The second-order valence-electron chi connectivity index (χ2n) is 4.93. The number of halogens is 1. The Labute approximate surface area is 99.6 Å². The summed E-state index contributed by atoms with van der Waals surface area (Å²) < 4.78 is 0. The van der Waals surface area contributed by atoms with Crippen LogP contribution in [-0.2, 0) is 0 Å². The third-order valence-electron chi connectivity index (χ3n) is 3.73. The summed E-state index contributed by atoms with van der Waals surface area (Å²) in [5.74, 6) is 1.60. The van der Waals surface area contributed by atoms with Crippen LogP contribution in [-0.4, -0.2) is 16.5 Å². The number of nitrogen functional groups attached to an aromatic ring is 1. The molecular weight excluding hydrogens is 224 g/mol. The van der Waals surface area contributed by atoms with Gasteiger partial charge in [-0.05, 0) is 48.6 Å². The highest BCUT2D eigenvalue weighted by Gasteiger charge is 2.53. The van der Waals surface area contributed by atoms with Gasteiger partial charge < -0.3 is 11.1 Å². The highest BCUT2D eigenvalue weighted by atomic mass is 35.5. The number of hydrogen-bond donors (Lipinski definition) is 2. The first kappa shape index (κ1) is 10.1. The normalized spacial score (nSPS) is 21.8. The fraction of sp³-hybridized carbons (Fsp3) is 0.636. The Morgan fingerprint density at radius 1 is 1.50 bits per heavy atom. The van der Waals surface area contributed by atoms with Gasteiger partial charge in [0.1, 0.15) is 0 Å². The minimum Gasteiger partial charge on any atom is -0.394 e. The van der Waals surface area contributed by atoms with Crippen LogP contribution >= 0.6 is 11.6 Å². The lowest BCUT2D eigenvalue weighted by Gasteiger charge is -2.16. The minimum absolute atomic E-state index is 0.243. The molecule has 0 radical (unpaired) electrons. The van der Waals surface area contributed by atoms with E-state index in [1.165, 1.54) is 25.7 Å². The van der Waals surface area contributed by atoms with Crippen molar-refractivity contribution in [2.75, 3.05) is 17.6 Å². The Morgan fingerprint density at radius 3 is 2.88 bits per heavy atom. The molecule has 5 heteroatoms. The van der Waals surface area contributed by atoms with Crippen molar-refractivity contribution < 1.29 is 0 Å². The summed E-state index contributed by atoms with van der Waals surface area (Å²) in [5.41, 5.74) is 6.88. The van der Waals surface area contributed by atoms with E-state index in [0.717, 1.165) is 12.5 Å². The van der Waals surface area contributed by atoms with Crippen molar-refractivity contribution in [1.29, 1.82) is 0 Å². The molecule has 0 amide bonds. The summed E-state index contributed by atoms with van der Waals surface area (Å²) >= 11 is 5.74. The first-order valence-electron chi connectivity index (χ1n) is 5.71. The zero-order valence-electron chi connectivity index (χ0n) is 9.04. The second kappa shape index (κ2) is 3.48. The molecule has 3 N–H and O–H groups in total. The molecule has 1 aromatic heterocycles. The van der Waals surface area contributed by atoms with Gasteiger partial charge >= 0.3 is 0 Å². The van der Waals surface area contributed by atoms with E-state index in [9.17, 15) is 0 Å². The maximum atomic E-state index is 5.78. The molecule has 0 aromatic carbocycles. The molecule has 0 bridgehead atoms. The second-order valence-corrected chi connectivity index (χ2v) is 5.27. The molecule has 86 valence electrons. The van der Waals surface area contributed by atoms with Gasteiger partial charge in [-0.15, -0.1) is 0 Å². The lowest BCUT2D eigenvalue weighted by atomic mass is 10.0. The average molecular weight is 239 g/mol. The molecule has 2 saturated carbocycles. The third kappa shape index (κ3) is 1.82. The van der Waals surface area contributed by atoms with Crippen LogP contribution in [0.2, 0.25) is 5.28 Å². The van der Waals surface area contributed by atoms with Gasteiger partial charge in [-0.2, -0.15) is 4.98 Å². The zero-order chi connectivity index (χ0) is 11.2. The molecule has 0 unspecified atom stereocenters. The van der Waals surface area contributed by atoms with Crippen LogP contribution in [0.25, 0.3) is 0 Å². The monoisotopic (exact) mass is 238 g/mol. The van der Waals surface area contributed by atoms with E-state index in [1.54, 1.807) is 6.20 Å². The van der Waals surface area contributed by atoms with E-state index in [2.05, 4.69) is 15.3 Å². The van der Waals surface area contributed by atoms with Crippen molar-refractivity contribution in [3.05, 3.63) is 11.5 Å². The van der Waals surface area contributed by atoms with Crippen molar-refractivity contribution in [2.45, 2.75) is 25.7 Å². The topological polar surface area (TPSA) is 63.8 Å². The van der Waals surface area contributed by atoms with Gasteiger partial charge in [0.2, 0.25) is 5.28 Å². The fourth-order valence-corrected chi connectivity index (χ4v) is 2.49. The molecule has 4 nitrogen and oxygen atoms in total. The lowest BCUT2D eigenvalue weighted by Crippen LogP contribution is -2.18. The van der Waals surface area contributed by atoms with Crippen LogP contribution in [0.15, 0.2) is 6.20 Å². The predicted molar refractivity (Wildman–Crippen MR) is 64.3 cm³/mol. The lowest BCUT2D eigenvalue weighted by molar-refractivity contribution is 0.466. The maximum absolute atomic E-state index is 5.78. The molecule has 0 atom stereocenters. The van der Waals surface area contributed by atoms with Crippen LogP contribution in [0.1, 0.15) is 25.7 Å². The highest BCUT2D eigenvalue weighted by molar-refractivity contribution is 6.28. The van der Waals surface area contributed by atoms with Crippen molar-refractivity contribution >= 4 is 23.1 Å². The van der Waals surface area contributed by atoms with E-state index in [-0.39, 0.29) is 5.28 Å².